The Balaban J connectivity index is 2.23. The van der Waals surface area contributed by atoms with E-state index in [9.17, 15) is 23.5 Å². The van der Waals surface area contributed by atoms with Crippen molar-refractivity contribution in [2.75, 3.05) is 33.2 Å². The smallest absolute Gasteiger partial charge is 0.382 e. The molecule has 18 nitrogen and oxygen atoms in total. The zero-order valence-corrected chi connectivity index (χ0v) is 21.9. The van der Waals surface area contributed by atoms with Crippen molar-refractivity contribution in [3.8, 4) is 0 Å². The van der Waals surface area contributed by atoms with Crippen LogP contribution < -0.4 is 5.73 Å². The van der Waals surface area contributed by atoms with Crippen molar-refractivity contribution in [2.45, 2.75) is 25.4 Å². The van der Waals surface area contributed by atoms with E-state index in [4.69, 9.17) is 46.5 Å². The number of H-pyrrole nitrogens is 1. The van der Waals surface area contributed by atoms with Crippen LogP contribution in [0.2, 0.25) is 0 Å². The number of phosphoric acid groups is 3. The third-order valence-corrected chi connectivity index (χ3v) is 8.18. The van der Waals surface area contributed by atoms with E-state index in [-0.39, 0.29) is 22.8 Å². The Labute approximate surface area is 202 Å². The molecule has 0 radical (unpaired) electrons. The molecule has 2 aromatic heterocycles. The Morgan fingerprint density at radius 2 is 1.77 bits per heavy atom. The molecular formula is C13H24N5O13P3S. The van der Waals surface area contributed by atoms with E-state index in [1.165, 1.54) is 25.1 Å². The molecule has 0 aliphatic rings. The lowest BCUT2D eigenvalue weighted by molar-refractivity contribution is -0.137. The van der Waals surface area contributed by atoms with E-state index in [2.05, 4.69) is 23.6 Å². The molecule has 0 spiro atoms. The molecule has 0 amide bonds. The summed E-state index contributed by atoms with van der Waals surface area (Å²) in [5.41, 5.74) is 6.30. The molecule has 0 aliphatic heterocycles. The van der Waals surface area contributed by atoms with E-state index < -0.39 is 48.5 Å². The van der Waals surface area contributed by atoms with Gasteiger partial charge in [-0.2, -0.15) is 13.6 Å². The number of anilines is 1. The third kappa shape index (κ3) is 9.03. The highest BCUT2D eigenvalue weighted by molar-refractivity contribution is 7.71. The van der Waals surface area contributed by atoms with Gasteiger partial charge in [-0.1, -0.05) is 12.2 Å². The zero-order valence-electron chi connectivity index (χ0n) is 18.4. The van der Waals surface area contributed by atoms with E-state index in [0.29, 0.717) is 5.52 Å². The van der Waals surface area contributed by atoms with Gasteiger partial charge < -0.3 is 44.5 Å². The SMILES string of the molecule is COC[C@@H](OC)[C@@H](COP(=O)(O)OP(=O)(O)OP(=O)(O)O)OC(C)n1cnc2c(=S)[nH]c(N)nc21. The van der Waals surface area contributed by atoms with Crippen LogP contribution in [0.4, 0.5) is 5.95 Å². The fourth-order valence-electron chi connectivity index (χ4n) is 2.72. The summed E-state index contributed by atoms with van der Waals surface area (Å²) in [5.74, 6) is 0.0230. The van der Waals surface area contributed by atoms with Gasteiger partial charge in [0.05, 0.1) is 19.5 Å². The molecule has 2 heterocycles. The third-order valence-electron chi connectivity index (χ3n) is 4.08. The fraction of sp³-hybridized carbons (Fsp3) is 0.615. The number of fused-ring (bicyclic) bond motifs is 1. The Morgan fingerprint density at radius 1 is 1.11 bits per heavy atom. The normalized spacial score (nSPS) is 18.6. The van der Waals surface area contributed by atoms with Crippen molar-refractivity contribution in [2.24, 2.45) is 0 Å². The summed E-state index contributed by atoms with van der Waals surface area (Å²) in [6.07, 6.45) is -1.57. The van der Waals surface area contributed by atoms with Gasteiger partial charge in [-0.3, -0.25) is 9.09 Å². The summed E-state index contributed by atoms with van der Waals surface area (Å²) in [4.78, 5) is 47.2. The second-order valence-electron chi connectivity index (χ2n) is 6.67. The summed E-state index contributed by atoms with van der Waals surface area (Å²) < 4.78 is 64.4. The lowest BCUT2D eigenvalue weighted by Crippen LogP contribution is -2.39. The Bertz CT molecular complexity index is 1220. The topological polar surface area (TPSA) is 260 Å². The summed E-state index contributed by atoms with van der Waals surface area (Å²) in [7, 11) is -14.0. The number of aromatic amines is 1. The molecule has 3 unspecified atom stereocenters. The van der Waals surface area contributed by atoms with Gasteiger partial charge in [-0.15, -0.1) is 0 Å². The average Bonchev–Trinajstić information content (AvgIpc) is 3.10. The van der Waals surface area contributed by atoms with Gasteiger partial charge in [0, 0.05) is 14.2 Å². The summed E-state index contributed by atoms with van der Waals surface area (Å²) >= 11 is 5.16. The second-order valence-corrected chi connectivity index (χ2v) is 11.5. The first kappa shape index (κ1) is 30.1. The number of hydrogen-bond donors (Lipinski definition) is 6. The number of nitrogens with two attached hydrogens (primary N) is 1. The van der Waals surface area contributed by atoms with Crippen LogP contribution in [0.15, 0.2) is 6.33 Å². The van der Waals surface area contributed by atoms with E-state index >= 15 is 0 Å². The van der Waals surface area contributed by atoms with Gasteiger partial charge in [0.25, 0.3) is 0 Å². The van der Waals surface area contributed by atoms with Gasteiger partial charge in [0.1, 0.15) is 28.6 Å². The van der Waals surface area contributed by atoms with Crippen LogP contribution in [0.1, 0.15) is 13.2 Å². The molecule has 2 aromatic rings. The minimum atomic E-state index is -5.69. The van der Waals surface area contributed by atoms with Crippen LogP contribution in [-0.4, -0.2) is 78.7 Å². The van der Waals surface area contributed by atoms with Crippen LogP contribution in [-0.2, 0) is 41.1 Å². The minimum Gasteiger partial charge on any atom is -0.382 e. The van der Waals surface area contributed by atoms with Crippen LogP contribution in [0.3, 0.4) is 0 Å². The molecular weight excluding hydrogens is 559 g/mol. The van der Waals surface area contributed by atoms with Crippen LogP contribution in [0.25, 0.3) is 11.2 Å². The van der Waals surface area contributed by atoms with E-state index in [0.717, 1.165) is 0 Å². The summed E-state index contributed by atoms with van der Waals surface area (Å²) in [5, 5.41) is 0. The first-order chi connectivity index (χ1) is 16.1. The first-order valence-corrected chi connectivity index (χ1v) is 14.2. The molecule has 0 saturated carbocycles. The lowest BCUT2D eigenvalue weighted by Gasteiger charge is -2.29. The second kappa shape index (κ2) is 11.9. The van der Waals surface area contributed by atoms with Crippen LogP contribution in [0.5, 0.6) is 0 Å². The molecule has 200 valence electrons. The number of nitrogens with zero attached hydrogens (tertiary/aromatic N) is 3. The molecule has 22 heteroatoms. The van der Waals surface area contributed by atoms with E-state index in [1.54, 1.807) is 6.92 Å². The molecule has 0 aromatic carbocycles. The maximum Gasteiger partial charge on any atom is 0.490 e. The highest BCUT2D eigenvalue weighted by Gasteiger charge is 2.41. The number of imidazole rings is 1. The Morgan fingerprint density at radius 3 is 2.34 bits per heavy atom. The maximum atomic E-state index is 12.1. The van der Waals surface area contributed by atoms with Gasteiger partial charge in [-0.05, 0) is 6.92 Å². The molecule has 2 rings (SSSR count). The number of hydrogen-bond acceptors (Lipinski definition) is 13. The lowest BCUT2D eigenvalue weighted by atomic mass is 10.2. The number of nitrogens with one attached hydrogen (secondary N) is 1. The van der Waals surface area contributed by atoms with Gasteiger partial charge in [0.15, 0.2) is 5.65 Å². The molecule has 0 bridgehead atoms. The number of rotatable bonds is 14. The molecule has 0 aliphatic carbocycles. The molecule has 7 N–H and O–H groups in total. The average molecular weight is 583 g/mol. The highest BCUT2D eigenvalue weighted by atomic mass is 32.1. The molecule has 35 heavy (non-hydrogen) atoms. The number of nitrogen functional groups attached to an aromatic ring is 1. The monoisotopic (exact) mass is 583 g/mol. The number of ether oxygens (including phenoxy) is 3. The predicted molar refractivity (Wildman–Crippen MR) is 119 cm³/mol. The minimum absolute atomic E-state index is 0.0230. The quantitative estimate of drug-likeness (QED) is 0.134. The Kier molecular flexibility index (Phi) is 10.3. The largest absolute Gasteiger partial charge is 0.490 e. The van der Waals surface area contributed by atoms with Crippen molar-refractivity contribution < 1.29 is 60.6 Å². The van der Waals surface area contributed by atoms with Crippen LogP contribution in [0, 0.1) is 4.64 Å². The number of phosphoric ester groups is 1. The molecule has 0 saturated heterocycles. The van der Waals surface area contributed by atoms with Gasteiger partial charge >= 0.3 is 23.5 Å². The maximum absolute atomic E-state index is 12.1. The van der Waals surface area contributed by atoms with Crippen LogP contribution >= 0.6 is 35.7 Å². The standard InChI is InChI=1S/C13H24N5O13P3S/c1-7(18-6-15-10-11(18)16-13(14)17-12(10)35)29-9(8(27-3)4-26-2)5-28-33(22,23)31-34(24,25)30-32(19,20)21/h6-9H,4-5H2,1-3H3,(H,22,23)(H,24,25)(H2,19,20,21)(H3,14,16,17,35)/t7?,8-,9-/m1/s1. The molecule has 5 atom stereocenters. The van der Waals surface area contributed by atoms with Gasteiger partial charge in [0.2, 0.25) is 5.95 Å². The van der Waals surface area contributed by atoms with Crippen molar-refractivity contribution in [1.29, 1.82) is 0 Å². The van der Waals surface area contributed by atoms with Crippen molar-refractivity contribution in [1.82, 2.24) is 19.5 Å². The zero-order chi connectivity index (χ0) is 26.6. The van der Waals surface area contributed by atoms with Gasteiger partial charge in [-0.25, -0.2) is 18.7 Å². The van der Waals surface area contributed by atoms with Crippen molar-refractivity contribution >= 4 is 52.8 Å². The number of aromatic nitrogens is 4. The molecule has 0 fully saturated rings. The first-order valence-electron chi connectivity index (χ1n) is 9.25. The van der Waals surface area contributed by atoms with E-state index in [1.807, 2.05) is 0 Å². The number of methoxy groups -OCH3 is 2. The summed E-state index contributed by atoms with van der Waals surface area (Å²) in [6.45, 7) is 0.711. The summed E-state index contributed by atoms with van der Waals surface area (Å²) in [6, 6.07) is 0. The fourth-order valence-corrected chi connectivity index (χ4v) is 6.00. The van der Waals surface area contributed by atoms with Crippen molar-refractivity contribution in [3.63, 3.8) is 0 Å². The predicted octanol–water partition coefficient (Wildman–Crippen LogP) is 0.979. The Hall–Kier alpha value is -1.14. The van der Waals surface area contributed by atoms with Crippen molar-refractivity contribution in [3.05, 3.63) is 11.0 Å². The highest BCUT2D eigenvalue weighted by Crippen LogP contribution is 2.66.